The summed E-state index contributed by atoms with van der Waals surface area (Å²) in [5.74, 6) is 1.25. The van der Waals surface area contributed by atoms with Gasteiger partial charge in [0.05, 0.1) is 0 Å². The van der Waals surface area contributed by atoms with Crippen molar-refractivity contribution in [2.24, 2.45) is 5.73 Å². The molecule has 0 aliphatic carbocycles. The first kappa shape index (κ1) is 14.0. The smallest absolute Gasteiger partial charge is 0.0441 e. The maximum Gasteiger partial charge on any atom is 0.0441 e. The minimum Gasteiger partial charge on any atom is -0.323 e. The topological polar surface area (TPSA) is 26.0 Å². The van der Waals surface area contributed by atoms with Crippen molar-refractivity contribution in [3.05, 3.63) is 35.4 Å². The van der Waals surface area contributed by atoms with Gasteiger partial charge >= 0.3 is 0 Å². The van der Waals surface area contributed by atoms with E-state index in [4.69, 9.17) is 5.73 Å². The van der Waals surface area contributed by atoms with Crippen LogP contribution in [0.2, 0.25) is 0 Å². The molecule has 1 aliphatic rings. The Morgan fingerprint density at radius 3 is 2.28 bits per heavy atom. The Hall–Kier alpha value is -0.470. The summed E-state index contributed by atoms with van der Waals surface area (Å²) in [6, 6.07) is 9.06. The maximum atomic E-state index is 6.47. The number of rotatable bonds is 2. The molecule has 1 fully saturated rings. The first-order valence-electron chi connectivity index (χ1n) is 6.83. The third kappa shape index (κ3) is 2.75. The van der Waals surface area contributed by atoms with E-state index in [1.807, 2.05) is 11.8 Å². The lowest BCUT2D eigenvalue weighted by atomic mass is 9.84. The zero-order valence-electron chi connectivity index (χ0n) is 12.0. The van der Waals surface area contributed by atoms with Crippen LogP contribution in [0.1, 0.15) is 57.7 Å². The number of nitrogens with two attached hydrogens (primary N) is 1. The van der Waals surface area contributed by atoms with E-state index in [2.05, 4.69) is 52.0 Å². The van der Waals surface area contributed by atoms with E-state index < -0.39 is 0 Å². The first-order chi connectivity index (χ1) is 8.33. The number of hydrogen-bond acceptors (Lipinski definition) is 2. The molecule has 1 aromatic carbocycles. The van der Waals surface area contributed by atoms with Crippen LogP contribution in [0, 0.1) is 0 Å². The summed E-state index contributed by atoms with van der Waals surface area (Å²) in [4.78, 5) is 0. The average Bonchev–Trinajstić information content (AvgIpc) is 2.75. The van der Waals surface area contributed by atoms with Gasteiger partial charge in [-0.15, -0.1) is 0 Å². The molecule has 0 aromatic heterocycles. The third-order valence-corrected chi connectivity index (χ3v) is 5.65. The third-order valence-electron chi connectivity index (χ3n) is 4.04. The molecular weight excluding hydrogens is 238 g/mol. The van der Waals surface area contributed by atoms with Gasteiger partial charge in [-0.3, -0.25) is 0 Å². The van der Waals surface area contributed by atoms with Crippen molar-refractivity contribution in [2.45, 2.75) is 56.7 Å². The Morgan fingerprint density at radius 1 is 1.22 bits per heavy atom. The van der Waals surface area contributed by atoms with E-state index in [1.54, 1.807) is 0 Å². The Labute approximate surface area is 116 Å². The van der Waals surface area contributed by atoms with Gasteiger partial charge in [0.15, 0.2) is 0 Å². The fourth-order valence-corrected chi connectivity index (χ4v) is 3.95. The van der Waals surface area contributed by atoms with Crippen LogP contribution in [0.3, 0.4) is 0 Å². The van der Waals surface area contributed by atoms with E-state index in [9.17, 15) is 0 Å². The molecule has 1 nitrogen and oxygen atoms in total. The van der Waals surface area contributed by atoms with Gasteiger partial charge in [0.25, 0.3) is 0 Å². The van der Waals surface area contributed by atoms with Gasteiger partial charge in [-0.25, -0.2) is 0 Å². The van der Waals surface area contributed by atoms with Gasteiger partial charge in [-0.2, -0.15) is 11.8 Å². The summed E-state index contributed by atoms with van der Waals surface area (Å²) < 4.78 is 0.225. The van der Waals surface area contributed by atoms with Crippen molar-refractivity contribution in [3.8, 4) is 0 Å². The predicted molar refractivity (Wildman–Crippen MR) is 82.2 cm³/mol. The second kappa shape index (κ2) is 4.90. The minimum absolute atomic E-state index is 0.152. The molecule has 18 heavy (non-hydrogen) atoms. The molecule has 0 radical (unpaired) electrons. The highest BCUT2D eigenvalue weighted by molar-refractivity contribution is 8.00. The standard InChI is InChI=1S/C16H25NS/c1-15(2,3)13-8-6-12(7-9-13)14(17)16(4)10-5-11-18-16/h6-9,14H,5,10-11,17H2,1-4H3. The van der Waals surface area contributed by atoms with E-state index >= 15 is 0 Å². The van der Waals surface area contributed by atoms with Gasteiger partial charge < -0.3 is 5.73 Å². The van der Waals surface area contributed by atoms with Crippen LogP contribution >= 0.6 is 11.8 Å². The van der Waals surface area contributed by atoms with Crippen LogP contribution in [0.15, 0.2) is 24.3 Å². The van der Waals surface area contributed by atoms with Crippen LogP contribution in [-0.4, -0.2) is 10.5 Å². The monoisotopic (exact) mass is 263 g/mol. The molecule has 2 rings (SSSR count). The highest BCUT2D eigenvalue weighted by Gasteiger charge is 2.36. The average molecular weight is 263 g/mol. The normalized spacial score (nSPS) is 26.3. The van der Waals surface area contributed by atoms with E-state index in [1.165, 1.54) is 29.7 Å². The zero-order chi connectivity index (χ0) is 13.4. The second-order valence-corrected chi connectivity index (χ2v) is 8.24. The molecule has 1 aliphatic heterocycles. The first-order valence-corrected chi connectivity index (χ1v) is 7.81. The lowest BCUT2D eigenvalue weighted by Gasteiger charge is -2.31. The Kier molecular flexibility index (Phi) is 3.80. The molecule has 0 bridgehead atoms. The second-order valence-electron chi connectivity index (χ2n) is 6.61. The molecule has 100 valence electrons. The van der Waals surface area contributed by atoms with Crippen LogP contribution in [0.4, 0.5) is 0 Å². The summed E-state index contributed by atoms with van der Waals surface area (Å²) in [5, 5.41) is 0. The van der Waals surface area contributed by atoms with E-state index in [0.717, 1.165) is 0 Å². The molecule has 2 unspecified atom stereocenters. The van der Waals surface area contributed by atoms with Crippen molar-refractivity contribution >= 4 is 11.8 Å². The van der Waals surface area contributed by atoms with Crippen molar-refractivity contribution in [2.75, 3.05) is 5.75 Å². The maximum absolute atomic E-state index is 6.47. The SMILES string of the molecule is CC(C)(C)c1ccc(C(N)C2(C)CCCS2)cc1. The number of benzene rings is 1. The Balaban J connectivity index is 2.19. The molecule has 2 atom stereocenters. The summed E-state index contributed by atoms with van der Waals surface area (Å²) in [6.45, 7) is 9.05. The molecule has 0 spiro atoms. The van der Waals surface area contributed by atoms with Gasteiger partial charge in [0.1, 0.15) is 0 Å². The summed E-state index contributed by atoms with van der Waals surface area (Å²) in [5.41, 5.74) is 9.34. The summed E-state index contributed by atoms with van der Waals surface area (Å²) in [7, 11) is 0. The lowest BCUT2D eigenvalue weighted by molar-refractivity contribution is 0.501. The highest BCUT2D eigenvalue weighted by Crippen LogP contribution is 2.45. The van der Waals surface area contributed by atoms with Gasteiger partial charge in [-0.1, -0.05) is 45.0 Å². The van der Waals surface area contributed by atoms with Gasteiger partial charge in [-0.05, 0) is 42.1 Å². The fourth-order valence-electron chi connectivity index (χ4n) is 2.59. The molecule has 0 saturated carbocycles. The quantitative estimate of drug-likeness (QED) is 0.862. The van der Waals surface area contributed by atoms with E-state index in [-0.39, 0.29) is 16.2 Å². The minimum atomic E-state index is 0.152. The van der Waals surface area contributed by atoms with Crippen molar-refractivity contribution in [1.29, 1.82) is 0 Å². The number of hydrogen-bond donors (Lipinski definition) is 1. The zero-order valence-corrected chi connectivity index (χ0v) is 12.8. The molecule has 0 amide bonds. The molecular formula is C16H25NS. The summed E-state index contributed by atoms with van der Waals surface area (Å²) >= 11 is 2.03. The largest absolute Gasteiger partial charge is 0.323 e. The highest BCUT2D eigenvalue weighted by atomic mass is 32.2. The predicted octanol–water partition coefficient (Wildman–Crippen LogP) is 4.27. The molecule has 1 aromatic rings. The molecule has 2 N–H and O–H groups in total. The molecule has 2 heteroatoms. The summed E-state index contributed by atoms with van der Waals surface area (Å²) in [6.07, 6.45) is 2.54. The van der Waals surface area contributed by atoms with Crippen LogP contribution < -0.4 is 5.73 Å². The lowest BCUT2D eigenvalue weighted by Crippen LogP contribution is -2.33. The van der Waals surface area contributed by atoms with Gasteiger partial charge in [0, 0.05) is 10.8 Å². The number of thioether (sulfide) groups is 1. The Morgan fingerprint density at radius 2 is 1.83 bits per heavy atom. The van der Waals surface area contributed by atoms with Crippen molar-refractivity contribution < 1.29 is 0 Å². The fraction of sp³-hybridized carbons (Fsp3) is 0.625. The van der Waals surface area contributed by atoms with Gasteiger partial charge in [0.2, 0.25) is 0 Å². The van der Waals surface area contributed by atoms with Crippen LogP contribution in [0.5, 0.6) is 0 Å². The van der Waals surface area contributed by atoms with Crippen LogP contribution in [0.25, 0.3) is 0 Å². The molecule has 1 saturated heterocycles. The molecule has 1 heterocycles. The van der Waals surface area contributed by atoms with Crippen molar-refractivity contribution in [1.82, 2.24) is 0 Å². The van der Waals surface area contributed by atoms with E-state index in [0.29, 0.717) is 0 Å². The Bertz CT molecular complexity index is 396. The van der Waals surface area contributed by atoms with Crippen LogP contribution in [-0.2, 0) is 5.41 Å². The van der Waals surface area contributed by atoms with Crippen molar-refractivity contribution in [3.63, 3.8) is 0 Å².